The molecule has 1 aromatic heterocycles. The summed E-state index contributed by atoms with van der Waals surface area (Å²) in [7, 11) is -2.18. The van der Waals surface area contributed by atoms with Gasteiger partial charge in [-0.25, -0.2) is 23.2 Å². The van der Waals surface area contributed by atoms with Crippen molar-refractivity contribution < 1.29 is 17.9 Å². The van der Waals surface area contributed by atoms with Crippen LogP contribution in [0.5, 0.6) is 0 Å². The fourth-order valence-corrected chi connectivity index (χ4v) is 1.21. The Morgan fingerprint density at radius 3 is 2.33 bits per heavy atom. The van der Waals surface area contributed by atoms with Crippen molar-refractivity contribution in [2.24, 2.45) is 0 Å². The smallest absolute Gasteiger partial charge is 0.341 e. The van der Waals surface area contributed by atoms with Crippen LogP contribution in [-0.2, 0) is 14.8 Å². The van der Waals surface area contributed by atoms with Crippen LogP contribution in [0, 0.1) is 0 Å². The SMILES string of the molecule is COC(=O)c1cnc(NS(C)(=O)=O)nc1. The topological polar surface area (TPSA) is 98.2 Å². The molecule has 15 heavy (non-hydrogen) atoms. The summed E-state index contributed by atoms with van der Waals surface area (Å²) >= 11 is 0. The lowest BCUT2D eigenvalue weighted by molar-refractivity contribution is 0.0600. The first kappa shape index (κ1) is 11.4. The number of hydrogen-bond acceptors (Lipinski definition) is 6. The first-order chi connectivity index (χ1) is 6.92. The minimum atomic E-state index is -3.41. The van der Waals surface area contributed by atoms with Crippen LogP contribution < -0.4 is 4.72 Å². The fraction of sp³-hybridized carbons (Fsp3) is 0.286. The Hall–Kier alpha value is -1.70. The van der Waals surface area contributed by atoms with Crippen LogP contribution >= 0.6 is 0 Å². The van der Waals surface area contributed by atoms with Gasteiger partial charge in [0.05, 0.1) is 18.9 Å². The van der Waals surface area contributed by atoms with Gasteiger partial charge in [-0.05, 0) is 0 Å². The molecule has 0 unspecified atom stereocenters. The van der Waals surface area contributed by atoms with E-state index >= 15 is 0 Å². The van der Waals surface area contributed by atoms with E-state index in [0.717, 1.165) is 6.26 Å². The van der Waals surface area contributed by atoms with E-state index in [2.05, 4.69) is 19.4 Å². The molecule has 0 fully saturated rings. The van der Waals surface area contributed by atoms with E-state index in [1.165, 1.54) is 19.5 Å². The second kappa shape index (κ2) is 4.22. The van der Waals surface area contributed by atoms with Gasteiger partial charge in [0.15, 0.2) is 0 Å². The molecule has 0 atom stereocenters. The second-order valence-corrected chi connectivity index (χ2v) is 4.41. The zero-order valence-electron chi connectivity index (χ0n) is 8.09. The summed E-state index contributed by atoms with van der Waals surface area (Å²) < 4.78 is 28.1. The quantitative estimate of drug-likeness (QED) is 0.713. The molecule has 0 aromatic carbocycles. The number of methoxy groups -OCH3 is 1. The third-order valence-corrected chi connectivity index (χ3v) is 1.90. The minimum absolute atomic E-state index is 0.0925. The van der Waals surface area contributed by atoms with Gasteiger partial charge in [-0.2, -0.15) is 0 Å². The van der Waals surface area contributed by atoms with Gasteiger partial charge in [0.25, 0.3) is 0 Å². The summed E-state index contributed by atoms with van der Waals surface area (Å²) in [5.41, 5.74) is 0.150. The van der Waals surface area contributed by atoms with Gasteiger partial charge in [0.2, 0.25) is 16.0 Å². The standard InChI is InChI=1S/C7H9N3O4S/c1-14-6(11)5-3-8-7(9-4-5)10-15(2,12)13/h3-4H,1-2H3,(H,8,9,10). The van der Waals surface area contributed by atoms with Crippen molar-refractivity contribution >= 4 is 21.9 Å². The maximum Gasteiger partial charge on any atom is 0.341 e. The lowest BCUT2D eigenvalue weighted by Gasteiger charge is -2.01. The monoisotopic (exact) mass is 231 g/mol. The molecule has 8 heteroatoms. The molecule has 1 N–H and O–H groups in total. The van der Waals surface area contributed by atoms with Gasteiger partial charge < -0.3 is 4.74 Å². The van der Waals surface area contributed by atoms with E-state index < -0.39 is 16.0 Å². The number of ether oxygens (including phenoxy) is 1. The van der Waals surface area contributed by atoms with E-state index in [0.29, 0.717) is 0 Å². The number of hydrogen-bond donors (Lipinski definition) is 1. The van der Waals surface area contributed by atoms with Crippen LogP contribution in [0.2, 0.25) is 0 Å². The van der Waals surface area contributed by atoms with Crippen molar-refractivity contribution in [2.75, 3.05) is 18.1 Å². The van der Waals surface area contributed by atoms with E-state index in [1.807, 2.05) is 0 Å². The number of esters is 1. The summed E-state index contributed by atoms with van der Waals surface area (Å²) in [4.78, 5) is 18.2. The average Bonchev–Trinajstić information content (AvgIpc) is 2.15. The van der Waals surface area contributed by atoms with Gasteiger partial charge >= 0.3 is 5.97 Å². The molecule has 0 aliphatic rings. The second-order valence-electron chi connectivity index (χ2n) is 2.66. The summed E-state index contributed by atoms with van der Waals surface area (Å²) in [5.74, 6) is -0.675. The molecule has 7 nitrogen and oxygen atoms in total. The molecule has 0 spiro atoms. The minimum Gasteiger partial charge on any atom is -0.465 e. The summed E-state index contributed by atoms with van der Waals surface area (Å²) in [6.07, 6.45) is 3.32. The third-order valence-electron chi connectivity index (χ3n) is 1.35. The number of carbonyl (C=O) groups excluding carboxylic acids is 1. The Kier molecular flexibility index (Phi) is 3.20. The molecule has 0 radical (unpaired) electrons. The molecule has 0 aliphatic carbocycles. The maximum absolute atomic E-state index is 11.0. The third kappa shape index (κ3) is 3.50. The number of nitrogens with zero attached hydrogens (tertiary/aromatic N) is 2. The van der Waals surface area contributed by atoms with E-state index in [9.17, 15) is 13.2 Å². The predicted molar refractivity (Wildman–Crippen MR) is 51.8 cm³/mol. The Morgan fingerprint density at radius 2 is 1.93 bits per heavy atom. The van der Waals surface area contributed by atoms with Crippen molar-refractivity contribution in [2.45, 2.75) is 0 Å². The van der Waals surface area contributed by atoms with Crippen LogP contribution in [-0.4, -0.2) is 37.7 Å². The average molecular weight is 231 g/mol. The highest BCUT2D eigenvalue weighted by Gasteiger charge is 2.08. The zero-order valence-corrected chi connectivity index (χ0v) is 8.91. The molecule has 0 saturated carbocycles. The number of rotatable bonds is 3. The molecular weight excluding hydrogens is 222 g/mol. The van der Waals surface area contributed by atoms with Crippen LogP contribution in [0.3, 0.4) is 0 Å². The Balaban J connectivity index is 2.86. The van der Waals surface area contributed by atoms with Crippen LogP contribution in [0.25, 0.3) is 0 Å². The molecule has 0 amide bonds. The normalized spacial score (nSPS) is 10.8. The predicted octanol–water partition coefficient (Wildman–Crippen LogP) is -0.365. The van der Waals surface area contributed by atoms with E-state index in [4.69, 9.17) is 0 Å². The molecule has 1 rings (SSSR count). The Labute approximate surface area is 86.6 Å². The van der Waals surface area contributed by atoms with Gasteiger partial charge in [-0.15, -0.1) is 0 Å². The van der Waals surface area contributed by atoms with Gasteiger partial charge in [-0.3, -0.25) is 4.72 Å². The number of carbonyl (C=O) groups is 1. The number of anilines is 1. The highest BCUT2D eigenvalue weighted by Crippen LogP contribution is 2.02. The van der Waals surface area contributed by atoms with Crippen LogP contribution in [0.1, 0.15) is 10.4 Å². The summed E-state index contributed by atoms with van der Waals surface area (Å²) in [6, 6.07) is 0. The summed E-state index contributed by atoms with van der Waals surface area (Å²) in [6.45, 7) is 0. The van der Waals surface area contributed by atoms with Gasteiger partial charge in [-0.1, -0.05) is 0 Å². The molecular formula is C7H9N3O4S. The molecule has 0 bridgehead atoms. The van der Waals surface area contributed by atoms with Gasteiger partial charge in [0.1, 0.15) is 0 Å². The van der Waals surface area contributed by atoms with Crippen LogP contribution in [0.4, 0.5) is 5.95 Å². The highest BCUT2D eigenvalue weighted by molar-refractivity contribution is 7.91. The van der Waals surface area contributed by atoms with Crippen molar-refractivity contribution in [3.63, 3.8) is 0 Å². The molecule has 0 saturated heterocycles. The molecule has 1 heterocycles. The number of sulfonamides is 1. The zero-order chi connectivity index (χ0) is 11.5. The van der Waals surface area contributed by atoms with Crippen LogP contribution in [0.15, 0.2) is 12.4 Å². The maximum atomic E-state index is 11.0. The number of aromatic nitrogens is 2. The summed E-state index contributed by atoms with van der Waals surface area (Å²) in [5, 5.41) is 0. The van der Waals surface area contributed by atoms with Crippen molar-refractivity contribution in [3.8, 4) is 0 Å². The first-order valence-electron chi connectivity index (χ1n) is 3.80. The van der Waals surface area contributed by atoms with Crippen molar-refractivity contribution in [1.82, 2.24) is 9.97 Å². The molecule has 0 aliphatic heterocycles. The van der Waals surface area contributed by atoms with Crippen molar-refractivity contribution in [3.05, 3.63) is 18.0 Å². The highest BCUT2D eigenvalue weighted by atomic mass is 32.2. The number of nitrogens with one attached hydrogen (secondary N) is 1. The van der Waals surface area contributed by atoms with E-state index in [-0.39, 0.29) is 11.5 Å². The lowest BCUT2D eigenvalue weighted by Crippen LogP contribution is -2.13. The molecule has 1 aromatic rings. The van der Waals surface area contributed by atoms with E-state index in [1.54, 1.807) is 0 Å². The largest absolute Gasteiger partial charge is 0.465 e. The first-order valence-corrected chi connectivity index (χ1v) is 5.69. The van der Waals surface area contributed by atoms with Crippen molar-refractivity contribution in [1.29, 1.82) is 0 Å². The Bertz CT molecular complexity index is 454. The Morgan fingerprint density at radius 1 is 1.40 bits per heavy atom. The molecule has 82 valence electrons. The van der Waals surface area contributed by atoms with Gasteiger partial charge in [0, 0.05) is 12.4 Å². The fourth-order valence-electron chi connectivity index (χ4n) is 0.770. The lowest BCUT2D eigenvalue weighted by atomic mass is 10.3.